The predicted octanol–water partition coefficient (Wildman–Crippen LogP) is 1.64. The molecule has 0 bridgehead atoms. The van der Waals surface area contributed by atoms with E-state index < -0.39 is 10.0 Å². The van der Waals surface area contributed by atoms with E-state index in [-0.39, 0.29) is 29.8 Å². The molecule has 2 aliphatic heterocycles. The molecule has 2 aromatic rings. The number of carbonyl (C=O) groups excluding carboxylic acids is 2. The summed E-state index contributed by atoms with van der Waals surface area (Å²) < 4.78 is 28.0. The Balaban J connectivity index is 1.39. The normalized spacial score (nSPS) is 17.3. The van der Waals surface area contributed by atoms with Crippen molar-refractivity contribution < 1.29 is 18.0 Å². The van der Waals surface area contributed by atoms with Gasteiger partial charge in [-0.2, -0.15) is 4.31 Å². The molecule has 2 amide bonds. The van der Waals surface area contributed by atoms with E-state index in [9.17, 15) is 18.0 Å². The quantitative estimate of drug-likeness (QED) is 0.569. The van der Waals surface area contributed by atoms with Crippen LogP contribution < -0.4 is 0 Å². The first-order chi connectivity index (χ1) is 16.4. The Morgan fingerprint density at radius 2 is 1.29 bits per heavy atom. The van der Waals surface area contributed by atoms with Crippen molar-refractivity contribution in [1.29, 1.82) is 0 Å². The fourth-order valence-electron chi connectivity index (χ4n) is 4.42. The summed E-state index contributed by atoms with van der Waals surface area (Å²) in [6.07, 6.45) is 2.14. The first-order valence-corrected chi connectivity index (χ1v) is 13.2. The highest BCUT2D eigenvalue weighted by atomic mass is 32.2. The molecule has 2 fully saturated rings. The third-order valence-corrected chi connectivity index (χ3v) is 8.24. The topological polar surface area (TPSA) is 81.2 Å². The van der Waals surface area contributed by atoms with Crippen LogP contribution in [0.25, 0.3) is 0 Å². The fourth-order valence-corrected chi connectivity index (χ4v) is 5.82. The van der Waals surface area contributed by atoms with Crippen molar-refractivity contribution in [2.75, 3.05) is 52.4 Å². The van der Waals surface area contributed by atoms with Crippen molar-refractivity contribution in [3.05, 3.63) is 66.2 Å². The maximum Gasteiger partial charge on any atom is 0.243 e. The van der Waals surface area contributed by atoms with Gasteiger partial charge in [-0.1, -0.05) is 48.5 Å². The van der Waals surface area contributed by atoms with Crippen molar-refractivity contribution in [2.24, 2.45) is 0 Å². The molecular weight excluding hydrogens is 452 g/mol. The van der Waals surface area contributed by atoms with Crippen LogP contribution >= 0.6 is 0 Å². The van der Waals surface area contributed by atoms with Crippen LogP contribution in [0.4, 0.5) is 0 Å². The second-order valence-corrected chi connectivity index (χ2v) is 10.8. The van der Waals surface area contributed by atoms with E-state index in [0.29, 0.717) is 32.7 Å². The summed E-state index contributed by atoms with van der Waals surface area (Å²) in [6, 6.07) is 17.5. The van der Waals surface area contributed by atoms with E-state index >= 15 is 0 Å². The largest absolute Gasteiger partial charge is 0.342 e. The SMILES string of the molecule is O=C(CN1CCN(C(=O)CN(Cc2ccccc2)S(=O)(=O)c2ccccc2)CC1)N1CCCC1. The molecule has 2 heterocycles. The van der Waals surface area contributed by atoms with Crippen LogP contribution in [0.15, 0.2) is 65.6 Å². The molecule has 2 saturated heterocycles. The Morgan fingerprint density at radius 3 is 1.91 bits per heavy atom. The molecule has 0 radical (unpaired) electrons. The maximum absolute atomic E-state index is 13.4. The first-order valence-electron chi connectivity index (χ1n) is 11.8. The number of sulfonamides is 1. The van der Waals surface area contributed by atoms with Crippen molar-refractivity contribution in [2.45, 2.75) is 24.3 Å². The molecule has 0 saturated carbocycles. The highest BCUT2D eigenvalue weighted by Gasteiger charge is 2.30. The van der Waals surface area contributed by atoms with E-state index in [2.05, 4.69) is 4.90 Å². The van der Waals surface area contributed by atoms with E-state index in [1.54, 1.807) is 35.2 Å². The first kappa shape index (κ1) is 24.4. The lowest BCUT2D eigenvalue weighted by atomic mass is 10.2. The predicted molar refractivity (Wildman–Crippen MR) is 129 cm³/mol. The molecule has 2 aliphatic rings. The molecule has 34 heavy (non-hydrogen) atoms. The molecule has 0 spiro atoms. The molecule has 2 aromatic carbocycles. The average Bonchev–Trinajstić information content (AvgIpc) is 3.41. The van der Waals surface area contributed by atoms with E-state index in [4.69, 9.17) is 0 Å². The molecule has 0 atom stereocenters. The minimum atomic E-state index is -3.84. The summed E-state index contributed by atoms with van der Waals surface area (Å²) in [5, 5.41) is 0. The van der Waals surface area contributed by atoms with Crippen molar-refractivity contribution in [3.8, 4) is 0 Å². The van der Waals surface area contributed by atoms with Crippen LogP contribution in [-0.4, -0.2) is 91.6 Å². The van der Waals surface area contributed by atoms with Gasteiger partial charge in [0, 0.05) is 45.8 Å². The highest BCUT2D eigenvalue weighted by Crippen LogP contribution is 2.19. The van der Waals surface area contributed by atoms with Crippen LogP contribution in [0.5, 0.6) is 0 Å². The zero-order valence-electron chi connectivity index (χ0n) is 19.4. The zero-order chi connectivity index (χ0) is 24.0. The van der Waals surface area contributed by atoms with Gasteiger partial charge in [-0.3, -0.25) is 14.5 Å². The number of rotatable bonds is 8. The minimum Gasteiger partial charge on any atom is -0.342 e. The van der Waals surface area contributed by atoms with Gasteiger partial charge < -0.3 is 9.80 Å². The van der Waals surface area contributed by atoms with E-state index in [0.717, 1.165) is 31.5 Å². The fraction of sp³-hybridized carbons (Fsp3) is 0.440. The second-order valence-electron chi connectivity index (χ2n) is 8.82. The van der Waals surface area contributed by atoms with Gasteiger partial charge in [0.05, 0.1) is 18.0 Å². The van der Waals surface area contributed by atoms with Gasteiger partial charge in [0.15, 0.2) is 0 Å². The van der Waals surface area contributed by atoms with E-state index in [1.165, 1.54) is 4.31 Å². The summed E-state index contributed by atoms with van der Waals surface area (Å²) in [7, 11) is -3.84. The molecule has 9 heteroatoms. The number of hydrogen-bond donors (Lipinski definition) is 0. The van der Waals surface area contributed by atoms with Crippen molar-refractivity contribution in [3.63, 3.8) is 0 Å². The monoisotopic (exact) mass is 484 g/mol. The summed E-state index contributed by atoms with van der Waals surface area (Å²) in [6.45, 7) is 4.13. The lowest BCUT2D eigenvalue weighted by molar-refractivity contribution is -0.134. The molecule has 0 N–H and O–H groups in total. The third kappa shape index (κ3) is 6.02. The number of nitrogens with zero attached hydrogens (tertiary/aromatic N) is 4. The van der Waals surface area contributed by atoms with Gasteiger partial charge in [0.2, 0.25) is 21.8 Å². The summed E-state index contributed by atoms with van der Waals surface area (Å²) in [5.41, 5.74) is 0.819. The van der Waals surface area contributed by atoms with Gasteiger partial charge in [-0.25, -0.2) is 8.42 Å². The van der Waals surface area contributed by atoms with Gasteiger partial charge in [-0.05, 0) is 30.5 Å². The lowest BCUT2D eigenvalue weighted by Gasteiger charge is -2.36. The van der Waals surface area contributed by atoms with Gasteiger partial charge in [0.1, 0.15) is 0 Å². The third-order valence-electron chi connectivity index (χ3n) is 6.44. The number of likely N-dealkylation sites (tertiary alicyclic amines) is 1. The molecule has 4 rings (SSSR count). The number of piperazine rings is 1. The Labute approximate surface area is 201 Å². The molecule has 182 valence electrons. The number of carbonyl (C=O) groups is 2. The van der Waals surface area contributed by atoms with Crippen LogP contribution in [0.3, 0.4) is 0 Å². The Bertz CT molecular complexity index is 1060. The van der Waals surface area contributed by atoms with Gasteiger partial charge in [-0.15, -0.1) is 0 Å². The van der Waals surface area contributed by atoms with Crippen molar-refractivity contribution >= 4 is 21.8 Å². The van der Waals surface area contributed by atoms with Crippen LogP contribution in [0.1, 0.15) is 18.4 Å². The average molecular weight is 485 g/mol. The standard InChI is InChI=1S/C25H32N4O4S/c30-24(27-13-7-8-14-27)20-26-15-17-28(18-16-26)25(31)21-29(19-22-9-3-1-4-10-22)34(32,33)23-11-5-2-6-12-23/h1-6,9-12H,7-8,13-21H2. The van der Waals surface area contributed by atoms with Gasteiger partial charge >= 0.3 is 0 Å². The maximum atomic E-state index is 13.4. The summed E-state index contributed by atoms with van der Waals surface area (Å²) in [4.78, 5) is 31.4. The zero-order valence-corrected chi connectivity index (χ0v) is 20.2. The second kappa shape index (κ2) is 11.1. The molecule has 8 nitrogen and oxygen atoms in total. The van der Waals surface area contributed by atoms with Crippen molar-refractivity contribution in [1.82, 2.24) is 19.0 Å². The Hall–Kier alpha value is -2.75. The highest BCUT2D eigenvalue weighted by molar-refractivity contribution is 7.89. The summed E-state index contributed by atoms with van der Waals surface area (Å²) >= 11 is 0. The molecule has 0 aromatic heterocycles. The minimum absolute atomic E-state index is 0.119. The Kier molecular flexibility index (Phi) is 7.97. The molecule has 0 aliphatic carbocycles. The van der Waals surface area contributed by atoms with Crippen LogP contribution in [-0.2, 0) is 26.2 Å². The molecular formula is C25H32N4O4S. The number of hydrogen-bond acceptors (Lipinski definition) is 5. The number of amides is 2. The summed E-state index contributed by atoms with van der Waals surface area (Å²) in [5.74, 6) is -0.0683. The number of benzene rings is 2. The lowest BCUT2D eigenvalue weighted by Crippen LogP contribution is -2.53. The van der Waals surface area contributed by atoms with Crippen LogP contribution in [0, 0.1) is 0 Å². The molecule has 0 unspecified atom stereocenters. The smallest absolute Gasteiger partial charge is 0.243 e. The Morgan fingerprint density at radius 1 is 0.735 bits per heavy atom. The van der Waals surface area contributed by atoms with E-state index in [1.807, 2.05) is 35.2 Å². The van der Waals surface area contributed by atoms with Crippen LogP contribution in [0.2, 0.25) is 0 Å². The van der Waals surface area contributed by atoms with Gasteiger partial charge in [0.25, 0.3) is 0 Å².